The van der Waals surface area contributed by atoms with Crippen molar-refractivity contribution in [2.45, 2.75) is 65.2 Å². The summed E-state index contributed by atoms with van der Waals surface area (Å²) in [5.41, 5.74) is 0.504. The van der Waals surface area contributed by atoms with Gasteiger partial charge in [-0.1, -0.05) is 23.2 Å². The zero-order valence-electron chi connectivity index (χ0n) is 23.3. The fourth-order valence-electron chi connectivity index (χ4n) is 3.96. The number of aromatic amines is 1. The fourth-order valence-corrected chi connectivity index (χ4v) is 4.37. The third kappa shape index (κ3) is 7.82. The van der Waals surface area contributed by atoms with E-state index in [9.17, 15) is 19.2 Å². The summed E-state index contributed by atoms with van der Waals surface area (Å²) in [5, 5.41) is 5.65. The summed E-state index contributed by atoms with van der Waals surface area (Å²) < 4.78 is 16.4. The Morgan fingerprint density at radius 1 is 1.07 bits per heavy atom. The Morgan fingerprint density at radius 3 is 2.27 bits per heavy atom. The van der Waals surface area contributed by atoms with Crippen LogP contribution in [0.3, 0.4) is 0 Å². The summed E-state index contributed by atoms with van der Waals surface area (Å²) in [6.45, 7) is 9.43. The van der Waals surface area contributed by atoms with E-state index in [-0.39, 0.29) is 38.8 Å². The van der Waals surface area contributed by atoms with Crippen molar-refractivity contribution in [2.75, 3.05) is 25.5 Å². The quantitative estimate of drug-likeness (QED) is 0.384. The number of nitrogens with zero attached hydrogens (tertiary/aromatic N) is 1. The average Bonchev–Trinajstić information content (AvgIpc) is 3.15. The average molecular weight is 597 g/mol. The molecular weight excluding hydrogens is 563 g/mol. The van der Waals surface area contributed by atoms with E-state index < -0.39 is 35.5 Å². The molecule has 40 heavy (non-hydrogen) atoms. The smallest absolute Gasteiger partial charge is 0.410 e. The van der Waals surface area contributed by atoms with Gasteiger partial charge < -0.3 is 34.7 Å². The van der Waals surface area contributed by atoms with E-state index in [4.69, 9.17) is 32.7 Å². The molecule has 0 bridgehead atoms. The Labute approximate surface area is 242 Å². The van der Waals surface area contributed by atoms with Gasteiger partial charge in [0.15, 0.2) is 0 Å². The summed E-state index contributed by atoms with van der Waals surface area (Å²) in [6, 6.07) is 3.61. The molecule has 0 unspecified atom stereocenters. The lowest BCUT2D eigenvalue weighted by molar-refractivity contribution is -0.142. The first-order valence-corrected chi connectivity index (χ1v) is 13.5. The number of halogens is 2. The van der Waals surface area contributed by atoms with Crippen molar-refractivity contribution in [1.82, 2.24) is 15.2 Å². The second kappa shape index (κ2) is 12.8. The topological polar surface area (TPSA) is 139 Å². The molecule has 1 atom stereocenters. The highest BCUT2D eigenvalue weighted by atomic mass is 35.5. The number of carbonyl (C=O) groups excluding carboxylic acids is 4. The van der Waals surface area contributed by atoms with E-state index in [1.165, 1.54) is 32.2 Å². The van der Waals surface area contributed by atoms with E-state index in [1.54, 1.807) is 32.6 Å². The van der Waals surface area contributed by atoms with E-state index in [1.807, 2.05) is 0 Å². The number of hydrogen-bond donors (Lipinski definition) is 3. The van der Waals surface area contributed by atoms with E-state index >= 15 is 0 Å². The Hall–Kier alpha value is -3.44. The van der Waals surface area contributed by atoms with Gasteiger partial charge in [0, 0.05) is 37.2 Å². The van der Waals surface area contributed by atoms with Crippen molar-refractivity contribution in [3.63, 3.8) is 0 Å². The summed E-state index contributed by atoms with van der Waals surface area (Å²) in [4.78, 5) is 54.5. The molecule has 3 amide bonds. The van der Waals surface area contributed by atoms with Crippen LogP contribution in [0.4, 0.5) is 10.5 Å². The molecule has 0 saturated carbocycles. The van der Waals surface area contributed by atoms with Crippen molar-refractivity contribution in [1.29, 1.82) is 0 Å². The van der Waals surface area contributed by atoms with Crippen LogP contribution in [0.25, 0.3) is 0 Å². The SMILES string of the molecule is COC(=O)[C@H](C)NC(=O)c1ccc(NC(=O)c2[nH]c(C)c(Cl)c2Cl)c(OC2CCN(C(=O)OC(C)(C)C)CC2)c1. The number of likely N-dealkylation sites (tertiary alicyclic amines) is 1. The predicted molar refractivity (Wildman–Crippen MR) is 150 cm³/mol. The molecule has 0 spiro atoms. The van der Waals surface area contributed by atoms with E-state index in [0.29, 0.717) is 31.6 Å². The molecule has 3 N–H and O–H groups in total. The van der Waals surface area contributed by atoms with Crippen LogP contribution in [0.1, 0.15) is 67.1 Å². The van der Waals surface area contributed by atoms with Crippen LogP contribution in [0.2, 0.25) is 10.0 Å². The molecule has 1 fully saturated rings. The highest BCUT2D eigenvalue weighted by Gasteiger charge is 2.29. The molecule has 1 aromatic heterocycles. The Bertz CT molecular complexity index is 1280. The number of esters is 1. The molecular formula is C27H34Cl2N4O7. The zero-order valence-corrected chi connectivity index (χ0v) is 24.8. The number of ether oxygens (including phenoxy) is 3. The normalized spacial score (nSPS) is 14.8. The van der Waals surface area contributed by atoms with Crippen molar-refractivity contribution in [3.8, 4) is 5.75 Å². The van der Waals surface area contributed by atoms with Crippen molar-refractivity contribution >= 4 is 52.8 Å². The van der Waals surface area contributed by atoms with E-state index in [0.717, 1.165) is 0 Å². The molecule has 1 aromatic carbocycles. The predicted octanol–water partition coefficient (Wildman–Crippen LogP) is 4.95. The molecule has 2 aromatic rings. The number of H-pyrrole nitrogens is 1. The number of piperidine rings is 1. The molecule has 1 saturated heterocycles. The summed E-state index contributed by atoms with van der Waals surface area (Å²) in [6.07, 6.45) is 0.292. The molecule has 218 valence electrons. The van der Waals surface area contributed by atoms with Gasteiger partial charge in [0.25, 0.3) is 11.8 Å². The number of aromatic nitrogens is 1. The number of aryl methyl sites for hydroxylation is 1. The molecule has 11 nitrogen and oxygen atoms in total. The Morgan fingerprint density at radius 2 is 1.73 bits per heavy atom. The maximum absolute atomic E-state index is 13.0. The van der Waals surface area contributed by atoms with Crippen LogP contribution in [0.5, 0.6) is 5.75 Å². The molecule has 0 radical (unpaired) electrons. The summed E-state index contributed by atoms with van der Waals surface area (Å²) in [7, 11) is 1.23. The first-order chi connectivity index (χ1) is 18.7. The molecule has 3 rings (SSSR count). The van der Waals surface area contributed by atoms with E-state index in [2.05, 4.69) is 20.4 Å². The lowest BCUT2D eigenvalue weighted by Gasteiger charge is -2.33. The highest BCUT2D eigenvalue weighted by Crippen LogP contribution is 2.33. The van der Waals surface area contributed by atoms with Gasteiger partial charge in [-0.05, 0) is 52.8 Å². The molecule has 1 aliphatic rings. The molecule has 1 aliphatic heterocycles. The van der Waals surface area contributed by atoms with Crippen molar-refractivity contribution in [2.24, 2.45) is 0 Å². The van der Waals surface area contributed by atoms with Gasteiger partial charge in [0.1, 0.15) is 29.2 Å². The minimum absolute atomic E-state index is 0.0782. The zero-order chi connectivity index (χ0) is 29.8. The third-order valence-electron chi connectivity index (χ3n) is 6.06. The van der Waals surface area contributed by atoms with Crippen LogP contribution < -0.4 is 15.4 Å². The molecule has 2 heterocycles. The lowest BCUT2D eigenvalue weighted by Crippen LogP contribution is -2.44. The monoisotopic (exact) mass is 596 g/mol. The number of anilines is 1. The standard InChI is InChI=1S/C27H34Cl2N4O7/c1-14-20(28)21(29)22(30-14)24(35)32-18-8-7-16(23(34)31-15(2)25(36)38-6)13-19(18)39-17-9-11-33(12-10-17)26(37)40-27(3,4)5/h7-8,13,15,17,30H,9-12H2,1-6H3,(H,31,34)(H,32,35)/t15-/m0/s1. The Kier molecular flexibility index (Phi) is 9.96. The number of methoxy groups -OCH3 is 1. The number of carbonyl (C=O) groups is 4. The summed E-state index contributed by atoms with van der Waals surface area (Å²) >= 11 is 12.3. The number of nitrogens with one attached hydrogen (secondary N) is 3. The number of benzene rings is 1. The van der Waals surface area contributed by atoms with Crippen molar-refractivity contribution in [3.05, 3.63) is 45.2 Å². The number of amides is 3. The minimum Gasteiger partial charge on any atom is -0.488 e. The van der Waals surface area contributed by atoms with Gasteiger partial charge in [0.05, 0.1) is 22.8 Å². The van der Waals surface area contributed by atoms with Crippen LogP contribution in [-0.2, 0) is 14.3 Å². The molecule has 13 heteroatoms. The maximum atomic E-state index is 13.0. The second-order valence-corrected chi connectivity index (χ2v) is 11.2. The van der Waals surface area contributed by atoms with Gasteiger partial charge in [-0.3, -0.25) is 9.59 Å². The first kappa shape index (κ1) is 31.1. The first-order valence-electron chi connectivity index (χ1n) is 12.7. The van der Waals surface area contributed by atoms with Gasteiger partial charge in [-0.2, -0.15) is 0 Å². The maximum Gasteiger partial charge on any atom is 0.410 e. The lowest BCUT2D eigenvalue weighted by atomic mass is 10.1. The van der Waals surface area contributed by atoms with Gasteiger partial charge in [-0.15, -0.1) is 0 Å². The third-order valence-corrected chi connectivity index (χ3v) is 7.01. The Balaban J connectivity index is 1.81. The van der Waals surface area contributed by atoms with Gasteiger partial charge in [0.2, 0.25) is 0 Å². The minimum atomic E-state index is -0.874. The second-order valence-electron chi connectivity index (χ2n) is 10.4. The van der Waals surface area contributed by atoms with Gasteiger partial charge in [-0.25, -0.2) is 9.59 Å². The van der Waals surface area contributed by atoms with Crippen LogP contribution in [0.15, 0.2) is 18.2 Å². The number of hydrogen-bond acceptors (Lipinski definition) is 7. The largest absolute Gasteiger partial charge is 0.488 e. The van der Waals surface area contributed by atoms with Crippen LogP contribution >= 0.6 is 23.2 Å². The summed E-state index contributed by atoms with van der Waals surface area (Å²) in [5.74, 6) is -1.45. The van der Waals surface area contributed by atoms with Gasteiger partial charge >= 0.3 is 12.1 Å². The molecule has 0 aliphatic carbocycles. The fraction of sp³-hybridized carbons (Fsp3) is 0.481. The van der Waals surface area contributed by atoms with Crippen LogP contribution in [-0.4, -0.2) is 71.7 Å². The highest BCUT2D eigenvalue weighted by molar-refractivity contribution is 6.44. The number of rotatable bonds is 7. The van der Waals surface area contributed by atoms with Crippen molar-refractivity contribution < 1.29 is 33.4 Å². The van der Waals surface area contributed by atoms with Crippen LogP contribution in [0, 0.1) is 6.92 Å².